The minimum Gasteiger partial charge on any atom is -0.269 e. The molecule has 25 heavy (non-hydrogen) atoms. The first kappa shape index (κ1) is 15.5. The highest BCUT2D eigenvalue weighted by Gasteiger charge is 2.11. The highest BCUT2D eigenvalue weighted by atomic mass is 32.1. The van der Waals surface area contributed by atoms with Crippen molar-refractivity contribution in [2.75, 3.05) is 0 Å². The maximum Gasteiger partial charge on any atom is 0.262 e. The number of fused-ring (bicyclic) bond motifs is 1. The highest BCUT2D eigenvalue weighted by molar-refractivity contribution is 7.20. The molecule has 5 heteroatoms. The van der Waals surface area contributed by atoms with Crippen molar-refractivity contribution in [2.24, 2.45) is 0 Å². The Hall–Kier alpha value is -3.05. The Morgan fingerprint density at radius 1 is 1.08 bits per heavy atom. The van der Waals surface area contributed by atoms with Crippen LogP contribution in [0.5, 0.6) is 0 Å². The molecule has 3 heterocycles. The summed E-state index contributed by atoms with van der Waals surface area (Å²) in [6.45, 7) is 1.81. The van der Waals surface area contributed by atoms with Gasteiger partial charge in [0.05, 0.1) is 10.6 Å². The molecule has 4 rings (SSSR count). The second-order valence-electron chi connectivity index (χ2n) is 5.66. The van der Waals surface area contributed by atoms with E-state index in [9.17, 15) is 4.79 Å². The van der Waals surface area contributed by atoms with Crippen LogP contribution in [-0.2, 0) is 0 Å². The fourth-order valence-corrected chi connectivity index (χ4v) is 3.58. The van der Waals surface area contributed by atoms with Crippen molar-refractivity contribution in [1.29, 1.82) is 0 Å². The lowest BCUT2D eigenvalue weighted by Crippen LogP contribution is -2.17. The third-order valence-electron chi connectivity index (χ3n) is 3.97. The molecule has 0 fully saturated rings. The van der Waals surface area contributed by atoms with E-state index in [1.54, 1.807) is 16.8 Å². The van der Waals surface area contributed by atoms with Gasteiger partial charge in [-0.25, -0.2) is 4.98 Å². The largest absolute Gasteiger partial charge is 0.269 e. The van der Waals surface area contributed by atoms with Crippen molar-refractivity contribution in [3.8, 4) is 10.4 Å². The molecule has 3 aromatic heterocycles. The summed E-state index contributed by atoms with van der Waals surface area (Å²) in [4.78, 5) is 23.2. The normalized spacial score (nSPS) is 11.4. The van der Waals surface area contributed by atoms with E-state index in [4.69, 9.17) is 0 Å². The van der Waals surface area contributed by atoms with Gasteiger partial charge in [0.1, 0.15) is 0 Å². The molecule has 0 saturated carbocycles. The first-order valence-electron chi connectivity index (χ1n) is 7.89. The third kappa shape index (κ3) is 3.02. The van der Waals surface area contributed by atoms with Crippen molar-refractivity contribution in [2.45, 2.75) is 6.92 Å². The molecule has 0 spiro atoms. The zero-order valence-corrected chi connectivity index (χ0v) is 14.4. The van der Waals surface area contributed by atoms with Crippen molar-refractivity contribution >= 4 is 28.4 Å². The van der Waals surface area contributed by atoms with E-state index in [0.717, 1.165) is 16.0 Å². The lowest BCUT2D eigenvalue weighted by molar-refractivity contribution is 1.03. The van der Waals surface area contributed by atoms with Gasteiger partial charge >= 0.3 is 0 Å². The Bertz CT molecular complexity index is 1110. The number of hydrogen-bond donors (Lipinski definition) is 0. The molecule has 0 N–H and O–H groups in total. The molecule has 4 aromatic rings. The maximum atomic E-state index is 12.7. The summed E-state index contributed by atoms with van der Waals surface area (Å²) in [5.74, 6) is 0. The Morgan fingerprint density at radius 3 is 2.68 bits per heavy atom. The summed E-state index contributed by atoms with van der Waals surface area (Å²) in [5.41, 5.74) is 3.35. The first-order valence-corrected chi connectivity index (χ1v) is 8.70. The predicted molar refractivity (Wildman–Crippen MR) is 103 cm³/mol. The lowest BCUT2D eigenvalue weighted by atomic mass is 10.2. The smallest absolute Gasteiger partial charge is 0.262 e. The molecule has 122 valence electrons. The van der Waals surface area contributed by atoms with Crippen LogP contribution in [0.15, 0.2) is 65.8 Å². The molecule has 0 amide bonds. The molecule has 4 nitrogen and oxygen atoms in total. The third-order valence-corrected chi connectivity index (χ3v) is 5.00. The van der Waals surface area contributed by atoms with Gasteiger partial charge in [-0.15, -0.1) is 0 Å². The van der Waals surface area contributed by atoms with Crippen LogP contribution in [0.4, 0.5) is 0 Å². The monoisotopic (exact) mass is 345 g/mol. The molecular formula is C20H15N3OS. The van der Waals surface area contributed by atoms with Gasteiger partial charge in [0.15, 0.2) is 4.96 Å². The highest BCUT2D eigenvalue weighted by Crippen LogP contribution is 2.27. The summed E-state index contributed by atoms with van der Waals surface area (Å²) >= 11 is 1.51. The lowest BCUT2D eigenvalue weighted by Gasteiger charge is -2.00. The van der Waals surface area contributed by atoms with Crippen molar-refractivity contribution < 1.29 is 0 Å². The Balaban J connectivity index is 1.81. The van der Waals surface area contributed by atoms with Crippen molar-refractivity contribution in [3.05, 3.63) is 88.2 Å². The molecule has 0 aliphatic carbocycles. The first-order chi connectivity index (χ1) is 12.2. The molecular weight excluding hydrogens is 330 g/mol. The molecule has 0 aliphatic rings. The number of benzene rings is 1. The van der Waals surface area contributed by atoms with Crippen molar-refractivity contribution in [3.63, 3.8) is 0 Å². The number of pyridine rings is 1. The van der Waals surface area contributed by atoms with Gasteiger partial charge in [-0.1, -0.05) is 53.8 Å². The minimum atomic E-state index is -0.0331. The fourth-order valence-electron chi connectivity index (χ4n) is 2.59. The van der Waals surface area contributed by atoms with Crippen LogP contribution in [0.25, 0.3) is 27.6 Å². The molecule has 0 saturated heterocycles. The number of rotatable bonds is 3. The number of thiazole rings is 1. The van der Waals surface area contributed by atoms with Gasteiger partial charge in [0.25, 0.3) is 5.56 Å². The van der Waals surface area contributed by atoms with Gasteiger partial charge in [0.2, 0.25) is 0 Å². The van der Waals surface area contributed by atoms with Crippen LogP contribution < -0.4 is 5.56 Å². The number of hydrogen-bond acceptors (Lipinski definition) is 4. The summed E-state index contributed by atoms with van der Waals surface area (Å²) < 4.78 is 1.63. The SMILES string of the molecule is Cc1c(/C=C/c2cccnc2)nc2sc(-c3ccccc3)cn2c1=O. The number of nitrogens with zero attached hydrogens (tertiary/aromatic N) is 3. The van der Waals surface area contributed by atoms with Gasteiger partial charge < -0.3 is 0 Å². The zero-order valence-electron chi connectivity index (χ0n) is 13.6. The van der Waals surface area contributed by atoms with Crippen LogP contribution in [-0.4, -0.2) is 14.4 Å². The molecule has 0 radical (unpaired) electrons. The second-order valence-corrected chi connectivity index (χ2v) is 6.67. The zero-order chi connectivity index (χ0) is 17.2. The quantitative estimate of drug-likeness (QED) is 0.556. The molecule has 0 unspecified atom stereocenters. The minimum absolute atomic E-state index is 0.0331. The summed E-state index contributed by atoms with van der Waals surface area (Å²) in [6, 6.07) is 13.9. The topological polar surface area (TPSA) is 47.3 Å². The van der Waals surface area contributed by atoms with Crippen LogP contribution in [0.2, 0.25) is 0 Å². The summed E-state index contributed by atoms with van der Waals surface area (Å²) in [6.07, 6.45) is 9.16. The Labute approximate surface area is 148 Å². The Morgan fingerprint density at radius 2 is 1.92 bits per heavy atom. The number of aromatic nitrogens is 3. The van der Waals surface area contributed by atoms with E-state index in [0.29, 0.717) is 16.2 Å². The van der Waals surface area contributed by atoms with Gasteiger partial charge in [0, 0.05) is 24.2 Å². The van der Waals surface area contributed by atoms with Crippen molar-refractivity contribution in [1.82, 2.24) is 14.4 Å². The fraction of sp³-hybridized carbons (Fsp3) is 0.0500. The second kappa shape index (κ2) is 6.45. The summed E-state index contributed by atoms with van der Waals surface area (Å²) in [7, 11) is 0. The van der Waals surface area contributed by atoms with E-state index < -0.39 is 0 Å². The Kier molecular flexibility index (Phi) is 3.99. The molecule has 0 bridgehead atoms. The predicted octanol–water partition coefficient (Wildman–Crippen LogP) is 4.30. The van der Waals surface area contributed by atoms with Crippen LogP contribution in [0.3, 0.4) is 0 Å². The van der Waals surface area contributed by atoms with E-state index in [-0.39, 0.29) is 5.56 Å². The summed E-state index contributed by atoms with van der Waals surface area (Å²) in [5, 5.41) is 0. The standard InChI is InChI=1S/C20H15N3OS/c1-14-17(10-9-15-6-5-11-21-12-15)22-20-23(19(14)24)13-18(25-20)16-7-3-2-4-8-16/h2-13H,1H3/b10-9+. The van der Waals surface area contributed by atoms with E-state index in [1.807, 2.05) is 67.7 Å². The van der Waals surface area contributed by atoms with Gasteiger partial charge in [-0.05, 0) is 30.2 Å². The average Bonchev–Trinajstić information content (AvgIpc) is 3.09. The van der Waals surface area contributed by atoms with Crippen LogP contribution in [0.1, 0.15) is 16.8 Å². The van der Waals surface area contributed by atoms with Gasteiger partial charge in [-0.2, -0.15) is 0 Å². The average molecular weight is 345 g/mol. The van der Waals surface area contributed by atoms with E-state index in [2.05, 4.69) is 9.97 Å². The molecule has 1 aromatic carbocycles. The van der Waals surface area contributed by atoms with Crippen LogP contribution in [0, 0.1) is 6.92 Å². The van der Waals surface area contributed by atoms with E-state index >= 15 is 0 Å². The maximum absolute atomic E-state index is 12.7. The molecule has 0 aliphatic heterocycles. The van der Waals surface area contributed by atoms with Crippen LogP contribution >= 0.6 is 11.3 Å². The van der Waals surface area contributed by atoms with Gasteiger partial charge in [-0.3, -0.25) is 14.2 Å². The van der Waals surface area contributed by atoms with E-state index in [1.165, 1.54) is 11.3 Å². The molecule has 0 atom stereocenters.